The normalized spacial score (nSPS) is 11.4. The number of carboxylic acids is 1. The first-order chi connectivity index (χ1) is 9.79. The number of aromatic nitrogens is 2. The predicted octanol–water partition coefficient (Wildman–Crippen LogP) is 4.11. The average molecular weight is 379 g/mol. The van der Waals surface area contributed by atoms with Crippen molar-refractivity contribution in [1.82, 2.24) is 9.97 Å². The number of rotatable bonds is 3. The van der Waals surface area contributed by atoms with E-state index in [1.54, 1.807) is 0 Å². The molecule has 4 nitrogen and oxygen atoms in total. The van der Waals surface area contributed by atoms with Crippen LogP contribution in [0.4, 0.5) is 13.2 Å². The topological polar surface area (TPSA) is 63.1 Å². The average Bonchev–Trinajstić information content (AvgIpc) is 2.40. The smallest absolute Gasteiger partial charge is 0.419 e. The largest absolute Gasteiger partial charge is 0.478 e. The second kappa shape index (κ2) is 6.02. The first-order valence-corrected chi connectivity index (χ1v) is 6.99. The number of carboxylic acid groups (broad SMARTS) is 1. The lowest BCUT2D eigenvalue weighted by atomic mass is 10.3. The lowest BCUT2D eigenvalue weighted by Gasteiger charge is -2.12. The lowest BCUT2D eigenvalue weighted by Crippen LogP contribution is -2.09. The maximum atomic E-state index is 13.0. The minimum absolute atomic E-state index is 0.0506. The number of alkyl halides is 3. The van der Waals surface area contributed by atoms with Gasteiger partial charge in [0.05, 0.1) is 11.1 Å². The van der Waals surface area contributed by atoms with Crippen molar-refractivity contribution in [2.45, 2.75) is 16.2 Å². The third kappa shape index (κ3) is 3.73. The molecule has 110 valence electrons. The quantitative estimate of drug-likeness (QED) is 0.870. The monoisotopic (exact) mass is 378 g/mol. The SMILES string of the molecule is O=C(O)c1cccnc1Sc1ncc(Br)cc1C(F)(F)F. The minimum atomic E-state index is -4.60. The van der Waals surface area contributed by atoms with Crippen molar-refractivity contribution in [3.05, 3.63) is 46.2 Å². The molecule has 0 bridgehead atoms. The van der Waals surface area contributed by atoms with Crippen molar-refractivity contribution < 1.29 is 23.1 Å². The van der Waals surface area contributed by atoms with Gasteiger partial charge in [0.15, 0.2) is 0 Å². The van der Waals surface area contributed by atoms with Crippen LogP contribution in [0.15, 0.2) is 45.1 Å². The van der Waals surface area contributed by atoms with Crippen molar-refractivity contribution in [2.75, 3.05) is 0 Å². The van der Waals surface area contributed by atoms with Crippen molar-refractivity contribution in [1.29, 1.82) is 0 Å². The molecular formula is C12H6BrF3N2O2S. The van der Waals surface area contributed by atoms with Crippen LogP contribution >= 0.6 is 27.7 Å². The number of carbonyl (C=O) groups is 1. The Labute approximate surface area is 129 Å². The van der Waals surface area contributed by atoms with E-state index in [9.17, 15) is 18.0 Å². The van der Waals surface area contributed by atoms with E-state index in [0.717, 1.165) is 6.07 Å². The Morgan fingerprint density at radius 1 is 1.29 bits per heavy atom. The lowest BCUT2D eigenvalue weighted by molar-refractivity contribution is -0.140. The Morgan fingerprint density at radius 2 is 2.00 bits per heavy atom. The number of hydrogen-bond donors (Lipinski definition) is 1. The number of halogens is 4. The molecule has 21 heavy (non-hydrogen) atoms. The molecule has 2 heterocycles. The summed E-state index contributed by atoms with van der Waals surface area (Å²) in [5, 5.41) is 8.61. The highest BCUT2D eigenvalue weighted by molar-refractivity contribution is 9.10. The molecule has 0 aliphatic carbocycles. The molecule has 0 amide bonds. The first-order valence-electron chi connectivity index (χ1n) is 5.38. The Balaban J connectivity index is 2.48. The van der Waals surface area contributed by atoms with Gasteiger partial charge < -0.3 is 5.11 Å². The van der Waals surface area contributed by atoms with Gasteiger partial charge in [-0.2, -0.15) is 13.2 Å². The maximum absolute atomic E-state index is 13.0. The van der Waals surface area contributed by atoms with E-state index in [2.05, 4.69) is 25.9 Å². The van der Waals surface area contributed by atoms with E-state index in [-0.39, 0.29) is 20.1 Å². The van der Waals surface area contributed by atoms with E-state index >= 15 is 0 Å². The van der Waals surface area contributed by atoms with Crippen LogP contribution in [0.3, 0.4) is 0 Å². The van der Waals surface area contributed by atoms with Crippen LogP contribution < -0.4 is 0 Å². The number of nitrogens with zero attached hydrogens (tertiary/aromatic N) is 2. The standard InChI is InChI=1S/C12H6BrF3N2O2S/c13-6-4-8(12(14,15)16)10(18-5-6)21-9-7(11(19)20)2-1-3-17-9/h1-5H,(H,19,20). The first kappa shape index (κ1) is 15.8. The number of hydrogen-bond acceptors (Lipinski definition) is 4. The zero-order valence-corrected chi connectivity index (χ0v) is 12.5. The second-order valence-electron chi connectivity index (χ2n) is 3.77. The van der Waals surface area contributed by atoms with Crippen molar-refractivity contribution >= 4 is 33.7 Å². The van der Waals surface area contributed by atoms with Crippen LogP contribution in [0.5, 0.6) is 0 Å². The Hall–Kier alpha value is -1.61. The zero-order chi connectivity index (χ0) is 15.6. The van der Waals surface area contributed by atoms with Crippen LogP contribution in [0.2, 0.25) is 0 Å². The molecule has 0 saturated heterocycles. The number of pyridine rings is 2. The molecule has 0 saturated carbocycles. The van der Waals surface area contributed by atoms with E-state index in [0.29, 0.717) is 11.8 Å². The van der Waals surface area contributed by atoms with Gasteiger partial charge in [0.1, 0.15) is 10.1 Å². The van der Waals surface area contributed by atoms with Gasteiger partial charge in [-0.1, -0.05) is 0 Å². The van der Waals surface area contributed by atoms with Crippen LogP contribution in [0, 0.1) is 0 Å². The molecule has 0 radical (unpaired) electrons. The molecular weight excluding hydrogens is 373 g/mol. The Kier molecular flexibility index (Phi) is 4.52. The van der Waals surface area contributed by atoms with Gasteiger partial charge in [-0.15, -0.1) is 0 Å². The van der Waals surface area contributed by atoms with Crippen LogP contribution in [-0.4, -0.2) is 21.0 Å². The van der Waals surface area contributed by atoms with Crippen molar-refractivity contribution in [3.63, 3.8) is 0 Å². The fourth-order valence-electron chi connectivity index (χ4n) is 1.44. The molecule has 9 heteroatoms. The highest BCUT2D eigenvalue weighted by atomic mass is 79.9. The van der Waals surface area contributed by atoms with Crippen LogP contribution in [0.1, 0.15) is 15.9 Å². The summed E-state index contributed by atoms with van der Waals surface area (Å²) in [4.78, 5) is 18.6. The van der Waals surface area contributed by atoms with Gasteiger partial charge in [-0.25, -0.2) is 14.8 Å². The van der Waals surface area contributed by atoms with Crippen LogP contribution in [-0.2, 0) is 6.18 Å². The van der Waals surface area contributed by atoms with Gasteiger partial charge in [0, 0.05) is 16.9 Å². The highest BCUT2D eigenvalue weighted by Crippen LogP contribution is 2.39. The number of aromatic carboxylic acids is 1. The van der Waals surface area contributed by atoms with Gasteiger partial charge in [0.2, 0.25) is 0 Å². The second-order valence-corrected chi connectivity index (χ2v) is 5.66. The van der Waals surface area contributed by atoms with Gasteiger partial charge in [-0.3, -0.25) is 0 Å². The highest BCUT2D eigenvalue weighted by Gasteiger charge is 2.35. The summed E-state index contributed by atoms with van der Waals surface area (Å²) in [5.41, 5.74) is -1.13. The van der Waals surface area contributed by atoms with Crippen molar-refractivity contribution in [3.8, 4) is 0 Å². The molecule has 0 aliphatic rings. The van der Waals surface area contributed by atoms with E-state index < -0.39 is 17.7 Å². The third-order valence-electron chi connectivity index (χ3n) is 2.32. The molecule has 0 aliphatic heterocycles. The van der Waals surface area contributed by atoms with Gasteiger partial charge in [0.25, 0.3) is 0 Å². The fraction of sp³-hybridized carbons (Fsp3) is 0.0833. The third-order valence-corrected chi connectivity index (χ3v) is 3.79. The molecule has 0 unspecified atom stereocenters. The summed E-state index contributed by atoms with van der Waals surface area (Å²) in [5.74, 6) is -1.27. The van der Waals surface area contributed by atoms with Gasteiger partial charge >= 0.3 is 12.1 Å². The molecule has 2 aromatic rings. The van der Waals surface area contributed by atoms with Crippen molar-refractivity contribution in [2.24, 2.45) is 0 Å². The predicted molar refractivity (Wildman–Crippen MR) is 72.3 cm³/mol. The zero-order valence-electron chi connectivity index (χ0n) is 10.1. The molecule has 2 rings (SSSR count). The van der Waals surface area contributed by atoms with Crippen LogP contribution in [0.25, 0.3) is 0 Å². The minimum Gasteiger partial charge on any atom is -0.478 e. The van der Waals surface area contributed by atoms with E-state index in [4.69, 9.17) is 5.11 Å². The molecule has 2 aromatic heterocycles. The molecule has 1 N–H and O–H groups in total. The molecule has 0 atom stereocenters. The molecule has 0 fully saturated rings. The summed E-state index contributed by atoms with van der Waals surface area (Å²) >= 11 is 3.49. The summed E-state index contributed by atoms with van der Waals surface area (Å²) < 4.78 is 39.1. The molecule has 0 aromatic carbocycles. The summed E-state index contributed by atoms with van der Waals surface area (Å²) in [6.45, 7) is 0. The Bertz CT molecular complexity index is 694. The van der Waals surface area contributed by atoms with E-state index in [1.807, 2.05) is 0 Å². The summed E-state index contributed by atoms with van der Waals surface area (Å²) in [6.07, 6.45) is -2.08. The van der Waals surface area contributed by atoms with E-state index in [1.165, 1.54) is 24.5 Å². The fourth-order valence-corrected chi connectivity index (χ4v) is 2.72. The Morgan fingerprint density at radius 3 is 2.62 bits per heavy atom. The van der Waals surface area contributed by atoms with Gasteiger partial charge in [-0.05, 0) is 45.9 Å². The summed E-state index contributed by atoms with van der Waals surface area (Å²) in [7, 11) is 0. The summed E-state index contributed by atoms with van der Waals surface area (Å²) in [6, 6.07) is 3.55. The molecule has 0 spiro atoms. The maximum Gasteiger partial charge on any atom is 0.419 e.